The molecule has 3 aliphatic rings. The minimum Gasteiger partial charge on any atom is -0.393 e. The summed E-state index contributed by atoms with van der Waals surface area (Å²) in [6, 6.07) is 0. The van der Waals surface area contributed by atoms with E-state index >= 15 is 0 Å². The average Bonchev–Trinajstić information content (AvgIpc) is 2.74. The number of rotatable bonds is 3. The fourth-order valence-electron chi connectivity index (χ4n) is 4.90. The van der Waals surface area contributed by atoms with Gasteiger partial charge in [0.25, 0.3) is 0 Å². The van der Waals surface area contributed by atoms with Gasteiger partial charge in [-0.3, -0.25) is 0 Å². The molecule has 3 rings (SSSR count). The fourth-order valence-corrected chi connectivity index (χ4v) is 4.90. The molecular formula is C18H32O2. The Labute approximate surface area is 124 Å². The summed E-state index contributed by atoms with van der Waals surface area (Å²) in [5.41, 5.74) is 0.160. The quantitative estimate of drug-likeness (QED) is 0.774. The Morgan fingerprint density at radius 1 is 0.950 bits per heavy atom. The number of hydrogen-bond acceptors (Lipinski definition) is 2. The average molecular weight is 280 g/mol. The molecule has 1 N–H and O–H groups in total. The summed E-state index contributed by atoms with van der Waals surface area (Å²) in [6.45, 7) is 0.881. The SMILES string of the molecule is OC(CC1CCCCCC1)C1CCOC2(CCCC2)C1. The molecular weight excluding hydrogens is 248 g/mol. The third-order valence-electron chi connectivity index (χ3n) is 6.14. The molecule has 116 valence electrons. The van der Waals surface area contributed by atoms with Crippen molar-refractivity contribution >= 4 is 0 Å². The van der Waals surface area contributed by atoms with Crippen LogP contribution in [0.4, 0.5) is 0 Å². The summed E-state index contributed by atoms with van der Waals surface area (Å²) in [5, 5.41) is 10.7. The van der Waals surface area contributed by atoms with E-state index in [9.17, 15) is 5.11 Å². The standard InChI is InChI=1S/C18H32O2/c19-17(13-15-7-3-1-2-4-8-15)16-9-12-20-18(14-16)10-5-6-11-18/h15-17,19H,1-14H2. The maximum atomic E-state index is 10.7. The first kappa shape index (κ1) is 14.8. The minimum absolute atomic E-state index is 0.0699. The van der Waals surface area contributed by atoms with Crippen LogP contribution < -0.4 is 0 Å². The van der Waals surface area contributed by atoms with Crippen LogP contribution in [0.5, 0.6) is 0 Å². The number of aliphatic hydroxyl groups excluding tert-OH is 1. The van der Waals surface area contributed by atoms with Crippen LogP contribution in [0.15, 0.2) is 0 Å². The molecule has 1 aliphatic heterocycles. The lowest BCUT2D eigenvalue weighted by atomic mass is 9.78. The molecule has 2 unspecified atom stereocenters. The summed E-state index contributed by atoms with van der Waals surface area (Å²) in [6.07, 6.45) is 16.6. The van der Waals surface area contributed by atoms with Gasteiger partial charge in [0.2, 0.25) is 0 Å². The van der Waals surface area contributed by atoms with E-state index in [-0.39, 0.29) is 11.7 Å². The summed E-state index contributed by atoms with van der Waals surface area (Å²) in [5.74, 6) is 1.29. The fraction of sp³-hybridized carbons (Fsp3) is 1.00. The van der Waals surface area contributed by atoms with Crippen molar-refractivity contribution in [2.45, 2.75) is 95.2 Å². The lowest BCUT2D eigenvalue weighted by Crippen LogP contribution is -2.41. The van der Waals surface area contributed by atoms with Crippen molar-refractivity contribution in [2.75, 3.05) is 6.61 Å². The van der Waals surface area contributed by atoms with Crippen molar-refractivity contribution in [1.29, 1.82) is 0 Å². The Balaban J connectivity index is 1.52. The van der Waals surface area contributed by atoms with E-state index < -0.39 is 0 Å². The number of aliphatic hydroxyl groups is 1. The first-order valence-electron chi connectivity index (χ1n) is 9.09. The molecule has 20 heavy (non-hydrogen) atoms. The zero-order valence-corrected chi connectivity index (χ0v) is 13.0. The van der Waals surface area contributed by atoms with Gasteiger partial charge in [0.05, 0.1) is 11.7 Å². The van der Waals surface area contributed by atoms with Gasteiger partial charge in [-0.05, 0) is 43.9 Å². The van der Waals surface area contributed by atoms with Gasteiger partial charge in [-0.1, -0.05) is 51.4 Å². The number of hydrogen-bond donors (Lipinski definition) is 1. The summed E-state index contributed by atoms with van der Waals surface area (Å²) in [4.78, 5) is 0. The van der Waals surface area contributed by atoms with E-state index in [0.29, 0.717) is 5.92 Å². The molecule has 2 atom stereocenters. The first-order valence-corrected chi connectivity index (χ1v) is 9.09. The topological polar surface area (TPSA) is 29.5 Å². The van der Waals surface area contributed by atoms with E-state index in [1.54, 1.807) is 0 Å². The van der Waals surface area contributed by atoms with Crippen LogP contribution in [-0.2, 0) is 4.74 Å². The van der Waals surface area contributed by atoms with Crippen LogP contribution >= 0.6 is 0 Å². The zero-order chi connectivity index (χ0) is 13.8. The predicted octanol–water partition coefficient (Wildman–Crippen LogP) is 4.45. The van der Waals surface area contributed by atoms with Crippen LogP contribution in [0.25, 0.3) is 0 Å². The van der Waals surface area contributed by atoms with Crippen LogP contribution in [0.1, 0.15) is 83.5 Å². The lowest BCUT2D eigenvalue weighted by Gasteiger charge is -2.40. The highest BCUT2D eigenvalue weighted by atomic mass is 16.5. The second-order valence-electron chi connectivity index (χ2n) is 7.65. The molecule has 2 heteroatoms. The van der Waals surface area contributed by atoms with Gasteiger partial charge >= 0.3 is 0 Å². The molecule has 2 saturated carbocycles. The Hall–Kier alpha value is -0.0800. The van der Waals surface area contributed by atoms with Gasteiger partial charge in [0, 0.05) is 6.61 Å². The molecule has 3 fully saturated rings. The van der Waals surface area contributed by atoms with Crippen molar-refractivity contribution in [3.05, 3.63) is 0 Å². The van der Waals surface area contributed by atoms with E-state index in [0.717, 1.165) is 31.8 Å². The zero-order valence-electron chi connectivity index (χ0n) is 13.0. The van der Waals surface area contributed by atoms with Crippen molar-refractivity contribution in [3.63, 3.8) is 0 Å². The molecule has 0 aromatic rings. The minimum atomic E-state index is -0.0699. The monoisotopic (exact) mass is 280 g/mol. The van der Waals surface area contributed by atoms with Crippen LogP contribution in [-0.4, -0.2) is 23.4 Å². The van der Waals surface area contributed by atoms with Gasteiger partial charge in [-0.2, -0.15) is 0 Å². The molecule has 0 amide bonds. The maximum Gasteiger partial charge on any atom is 0.0686 e. The normalized spacial score (nSPS) is 33.1. The number of ether oxygens (including phenoxy) is 1. The molecule has 0 aromatic carbocycles. The van der Waals surface area contributed by atoms with Gasteiger partial charge in [-0.25, -0.2) is 0 Å². The van der Waals surface area contributed by atoms with Gasteiger partial charge in [-0.15, -0.1) is 0 Å². The molecule has 0 aromatic heterocycles. The smallest absolute Gasteiger partial charge is 0.0686 e. The van der Waals surface area contributed by atoms with Crippen LogP contribution in [0.2, 0.25) is 0 Å². The Bertz CT molecular complexity index is 288. The van der Waals surface area contributed by atoms with Crippen molar-refractivity contribution in [2.24, 2.45) is 11.8 Å². The van der Waals surface area contributed by atoms with Crippen LogP contribution in [0.3, 0.4) is 0 Å². The molecule has 2 nitrogen and oxygen atoms in total. The van der Waals surface area contributed by atoms with Crippen molar-refractivity contribution < 1.29 is 9.84 Å². The van der Waals surface area contributed by atoms with Crippen molar-refractivity contribution in [1.82, 2.24) is 0 Å². The second kappa shape index (κ2) is 6.79. The van der Waals surface area contributed by atoms with Crippen LogP contribution in [0, 0.1) is 11.8 Å². The Morgan fingerprint density at radius 2 is 1.65 bits per heavy atom. The first-order chi connectivity index (χ1) is 9.77. The lowest BCUT2D eigenvalue weighted by molar-refractivity contribution is -0.115. The van der Waals surface area contributed by atoms with Crippen molar-refractivity contribution in [3.8, 4) is 0 Å². The molecule has 1 saturated heterocycles. The Morgan fingerprint density at radius 3 is 2.35 bits per heavy atom. The highest BCUT2D eigenvalue weighted by molar-refractivity contribution is 4.93. The summed E-state index contributed by atoms with van der Waals surface area (Å²) < 4.78 is 6.11. The molecule has 0 radical (unpaired) electrons. The van der Waals surface area contributed by atoms with E-state index in [2.05, 4.69) is 0 Å². The molecule has 1 heterocycles. The highest BCUT2D eigenvalue weighted by Gasteiger charge is 2.41. The highest BCUT2D eigenvalue weighted by Crippen LogP contribution is 2.43. The largest absolute Gasteiger partial charge is 0.393 e. The van der Waals surface area contributed by atoms with E-state index in [1.165, 1.54) is 64.2 Å². The van der Waals surface area contributed by atoms with E-state index in [1.807, 2.05) is 0 Å². The maximum absolute atomic E-state index is 10.7. The summed E-state index contributed by atoms with van der Waals surface area (Å²) in [7, 11) is 0. The predicted molar refractivity (Wildman–Crippen MR) is 81.7 cm³/mol. The van der Waals surface area contributed by atoms with E-state index in [4.69, 9.17) is 4.74 Å². The molecule has 1 spiro atoms. The van der Waals surface area contributed by atoms with Gasteiger partial charge in [0.15, 0.2) is 0 Å². The third kappa shape index (κ3) is 3.57. The third-order valence-corrected chi connectivity index (χ3v) is 6.14. The molecule has 2 aliphatic carbocycles. The van der Waals surface area contributed by atoms with Gasteiger partial charge < -0.3 is 9.84 Å². The second-order valence-corrected chi connectivity index (χ2v) is 7.65. The van der Waals surface area contributed by atoms with Gasteiger partial charge in [0.1, 0.15) is 0 Å². The Kier molecular flexibility index (Phi) is 5.04. The summed E-state index contributed by atoms with van der Waals surface area (Å²) >= 11 is 0. The molecule has 0 bridgehead atoms.